The van der Waals surface area contributed by atoms with Gasteiger partial charge in [-0.2, -0.15) is 0 Å². The summed E-state index contributed by atoms with van der Waals surface area (Å²) in [5.41, 5.74) is 1.81. The fraction of sp³-hybridized carbons (Fsp3) is 0.174. The third-order valence-electron chi connectivity index (χ3n) is 4.63. The van der Waals surface area contributed by atoms with Crippen LogP contribution in [-0.2, 0) is 11.3 Å². The van der Waals surface area contributed by atoms with Crippen molar-refractivity contribution in [2.24, 2.45) is 0 Å². The predicted molar refractivity (Wildman–Crippen MR) is 125 cm³/mol. The van der Waals surface area contributed by atoms with Gasteiger partial charge in [-0.25, -0.2) is 4.98 Å². The average Bonchev–Trinajstić information content (AvgIpc) is 3.25. The molecule has 0 saturated carbocycles. The maximum atomic E-state index is 13.3. The Morgan fingerprint density at radius 3 is 2.42 bits per heavy atom. The summed E-state index contributed by atoms with van der Waals surface area (Å²) in [5, 5.41) is 0.667. The first-order chi connectivity index (χ1) is 15.2. The summed E-state index contributed by atoms with van der Waals surface area (Å²) in [6.07, 6.45) is 3.46. The van der Waals surface area contributed by atoms with E-state index >= 15 is 0 Å². The van der Waals surface area contributed by atoms with Crippen molar-refractivity contribution >= 4 is 44.4 Å². The zero-order valence-electron chi connectivity index (χ0n) is 17.1. The van der Waals surface area contributed by atoms with E-state index < -0.39 is 0 Å². The number of pyridine rings is 1. The second-order valence-electron chi connectivity index (χ2n) is 6.63. The molecule has 8 heteroatoms. The van der Waals surface area contributed by atoms with E-state index in [1.54, 1.807) is 31.5 Å². The summed E-state index contributed by atoms with van der Waals surface area (Å²) in [6.45, 7) is 0.432. The Kier molecular flexibility index (Phi) is 6.69. The second kappa shape index (κ2) is 9.80. The number of aromatic nitrogens is 2. The fourth-order valence-electron chi connectivity index (χ4n) is 2.97. The molecule has 0 aliphatic heterocycles. The van der Waals surface area contributed by atoms with Crippen LogP contribution in [0.25, 0.3) is 10.2 Å². The van der Waals surface area contributed by atoms with E-state index in [9.17, 15) is 4.79 Å². The molecule has 31 heavy (non-hydrogen) atoms. The van der Waals surface area contributed by atoms with E-state index in [2.05, 4.69) is 4.98 Å². The first-order valence-electron chi connectivity index (χ1n) is 9.57. The highest BCUT2D eigenvalue weighted by molar-refractivity contribution is 8.00. The van der Waals surface area contributed by atoms with E-state index in [4.69, 9.17) is 14.5 Å². The van der Waals surface area contributed by atoms with Crippen molar-refractivity contribution in [1.82, 2.24) is 9.97 Å². The van der Waals surface area contributed by atoms with Gasteiger partial charge in [0.1, 0.15) is 11.5 Å². The number of fused-ring (bicyclic) bond motifs is 1. The maximum Gasteiger partial charge on any atom is 0.239 e. The molecular weight excluding hydrogens is 430 g/mol. The number of thioether (sulfide) groups is 1. The summed E-state index contributed by atoms with van der Waals surface area (Å²) in [5.74, 6) is 1.83. The molecule has 0 unspecified atom stereocenters. The molecular formula is C23H21N3O3S2. The molecule has 4 rings (SSSR count). The molecule has 4 aromatic rings. The van der Waals surface area contributed by atoms with Crippen molar-refractivity contribution in [3.05, 3.63) is 72.6 Å². The molecule has 6 nitrogen and oxygen atoms in total. The molecule has 2 aromatic heterocycles. The van der Waals surface area contributed by atoms with Gasteiger partial charge in [-0.15, -0.1) is 11.8 Å². The molecule has 2 heterocycles. The van der Waals surface area contributed by atoms with Crippen molar-refractivity contribution in [2.75, 3.05) is 24.9 Å². The molecule has 0 N–H and O–H groups in total. The summed E-state index contributed by atoms with van der Waals surface area (Å²) in [6, 6.07) is 17.3. The van der Waals surface area contributed by atoms with Crippen LogP contribution in [0.15, 0.2) is 71.9 Å². The van der Waals surface area contributed by atoms with E-state index in [1.807, 2.05) is 54.6 Å². The van der Waals surface area contributed by atoms with E-state index in [1.165, 1.54) is 23.1 Å². The molecule has 0 spiro atoms. The van der Waals surface area contributed by atoms with Gasteiger partial charge in [0.05, 0.1) is 36.7 Å². The monoisotopic (exact) mass is 451 g/mol. The number of carbonyl (C=O) groups excluding carboxylic acids is 1. The Bertz CT molecular complexity index is 1160. The number of carbonyl (C=O) groups is 1. The molecule has 0 saturated heterocycles. The maximum absolute atomic E-state index is 13.3. The van der Waals surface area contributed by atoms with Gasteiger partial charge in [0, 0.05) is 23.4 Å². The van der Waals surface area contributed by atoms with Gasteiger partial charge in [-0.1, -0.05) is 11.3 Å². The average molecular weight is 452 g/mol. The number of ether oxygens (including phenoxy) is 2. The van der Waals surface area contributed by atoms with E-state index in [0.29, 0.717) is 17.4 Å². The summed E-state index contributed by atoms with van der Waals surface area (Å²) in [4.78, 5) is 24.8. The number of rotatable bonds is 8. The number of hydrogen-bond donors (Lipinski definition) is 0. The minimum atomic E-state index is -0.0105. The van der Waals surface area contributed by atoms with Gasteiger partial charge in [-0.3, -0.25) is 14.7 Å². The molecule has 0 aliphatic rings. The molecule has 0 aliphatic carbocycles. The van der Waals surface area contributed by atoms with Crippen LogP contribution in [0.4, 0.5) is 5.13 Å². The van der Waals surface area contributed by atoms with Crippen LogP contribution in [0, 0.1) is 0 Å². The van der Waals surface area contributed by atoms with Gasteiger partial charge in [0.15, 0.2) is 5.13 Å². The Morgan fingerprint density at radius 2 is 1.71 bits per heavy atom. The van der Waals surface area contributed by atoms with Crippen molar-refractivity contribution in [3.8, 4) is 11.5 Å². The predicted octanol–water partition coefficient (Wildman–Crippen LogP) is 5.03. The summed E-state index contributed by atoms with van der Waals surface area (Å²) in [7, 11) is 3.26. The van der Waals surface area contributed by atoms with Crippen LogP contribution in [0.1, 0.15) is 5.56 Å². The van der Waals surface area contributed by atoms with Gasteiger partial charge in [-0.05, 0) is 54.1 Å². The van der Waals surface area contributed by atoms with Crippen LogP contribution in [-0.4, -0.2) is 35.8 Å². The Labute approximate surface area is 188 Å². The van der Waals surface area contributed by atoms with Crippen LogP contribution < -0.4 is 14.4 Å². The summed E-state index contributed by atoms with van der Waals surface area (Å²) < 4.78 is 11.5. The third-order valence-corrected chi connectivity index (χ3v) is 6.68. The molecule has 0 bridgehead atoms. The molecule has 2 aromatic carbocycles. The van der Waals surface area contributed by atoms with Gasteiger partial charge in [0.25, 0.3) is 0 Å². The highest BCUT2D eigenvalue weighted by Gasteiger charge is 2.21. The quantitative estimate of drug-likeness (QED) is 0.350. The zero-order valence-corrected chi connectivity index (χ0v) is 18.8. The van der Waals surface area contributed by atoms with Crippen LogP contribution in [0.5, 0.6) is 11.5 Å². The lowest BCUT2D eigenvalue weighted by molar-refractivity contribution is -0.116. The number of methoxy groups -OCH3 is 2. The first-order valence-corrected chi connectivity index (χ1v) is 11.4. The first kappa shape index (κ1) is 21.1. The summed E-state index contributed by atoms with van der Waals surface area (Å²) >= 11 is 2.99. The number of amides is 1. The SMILES string of the molecule is COc1ccc(SCC(=O)N(Cc2ccncc2)c2nc3cc(OC)ccc3s2)cc1. The lowest BCUT2D eigenvalue weighted by Gasteiger charge is -2.20. The van der Waals surface area contributed by atoms with Crippen LogP contribution in [0.2, 0.25) is 0 Å². The van der Waals surface area contributed by atoms with Gasteiger partial charge >= 0.3 is 0 Å². The van der Waals surface area contributed by atoms with Crippen LogP contribution in [0.3, 0.4) is 0 Å². The number of benzene rings is 2. The number of hydrogen-bond acceptors (Lipinski definition) is 7. The largest absolute Gasteiger partial charge is 0.497 e. The standard InChI is InChI=1S/C23H21N3O3S2/c1-28-17-3-6-19(7-4-17)30-15-22(27)26(14-16-9-11-24-12-10-16)23-25-20-13-18(29-2)5-8-21(20)31-23/h3-13H,14-15H2,1-2H3. The van der Waals surface area contributed by atoms with Crippen molar-refractivity contribution in [1.29, 1.82) is 0 Å². The van der Waals surface area contributed by atoms with E-state index in [-0.39, 0.29) is 5.91 Å². The molecule has 1 amide bonds. The highest BCUT2D eigenvalue weighted by Crippen LogP contribution is 2.33. The van der Waals surface area contributed by atoms with Crippen molar-refractivity contribution in [3.63, 3.8) is 0 Å². The van der Waals surface area contributed by atoms with Crippen molar-refractivity contribution < 1.29 is 14.3 Å². The molecule has 0 fully saturated rings. The van der Waals surface area contributed by atoms with Gasteiger partial charge < -0.3 is 9.47 Å². The molecule has 0 radical (unpaired) electrons. The highest BCUT2D eigenvalue weighted by atomic mass is 32.2. The normalized spacial score (nSPS) is 10.8. The second-order valence-corrected chi connectivity index (χ2v) is 8.69. The molecule has 158 valence electrons. The zero-order chi connectivity index (χ0) is 21.6. The van der Waals surface area contributed by atoms with E-state index in [0.717, 1.165) is 32.2 Å². The Morgan fingerprint density at radius 1 is 1.00 bits per heavy atom. The molecule has 0 atom stereocenters. The minimum absolute atomic E-state index is 0.0105. The fourth-order valence-corrected chi connectivity index (χ4v) is 4.70. The lowest BCUT2D eigenvalue weighted by Crippen LogP contribution is -2.31. The smallest absolute Gasteiger partial charge is 0.239 e. The number of thiazole rings is 1. The number of nitrogens with zero attached hydrogens (tertiary/aromatic N) is 3. The van der Waals surface area contributed by atoms with Crippen molar-refractivity contribution in [2.45, 2.75) is 11.4 Å². The number of anilines is 1. The Balaban J connectivity index is 1.58. The van der Waals surface area contributed by atoms with Crippen LogP contribution >= 0.6 is 23.1 Å². The van der Waals surface area contributed by atoms with Gasteiger partial charge in [0.2, 0.25) is 5.91 Å². The minimum Gasteiger partial charge on any atom is -0.497 e. The third kappa shape index (κ3) is 5.15. The topological polar surface area (TPSA) is 64.5 Å². The Hall–Kier alpha value is -3.10. The lowest BCUT2D eigenvalue weighted by atomic mass is 10.2.